The molecule has 184 valence electrons. The lowest BCUT2D eigenvalue weighted by Crippen LogP contribution is -2.33. The fourth-order valence-electron chi connectivity index (χ4n) is 3.38. The molecular weight excluding hydrogens is 495 g/mol. The summed E-state index contributed by atoms with van der Waals surface area (Å²) in [4.78, 5) is 12.2. The summed E-state index contributed by atoms with van der Waals surface area (Å²) in [5.41, 5.74) is -6.45. The Morgan fingerprint density at radius 1 is 0.943 bits per heavy atom. The van der Waals surface area contributed by atoms with Crippen molar-refractivity contribution in [1.29, 1.82) is 10.7 Å². The van der Waals surface area contributed by atoms with E-state index in [1.807, 2.05) is 5.32 Å². The highest BCUT2D eigenvalue weighted by molar-refractivity contribution is 6.05. The number of amidine groups is 1. The van der Waals surface area contributed by atoms with E-state index in [-0.39, 0.29) is 6.07 Å². The fraction of sp³-hybridized carbons (Fsp3) is 0.190. The van der Waals surface area contributed by atoms with E-state index in [1.54, 1.807) is 0 Å². The van der Waals surface area contributed by atoms with Crippen LogP contribution in [0.25, 0.3) is 10.9 Å². The Labute approximate surface area is 189 Å². The summed E-state index contributed by atoms with van der Waals surface area (Å²) >= 11 is 0. The van der Waals surface area contributed by atoms with Crippen LogP contribution in [0.3, 0.4) is 0 Å². The average molecular weight is 506 g/mol. The number of nitriles is 1. The quantitative estimate of drug-likeness (QED) is 0.261. The average Bonchev–Trinajstić information content (AvgIpc) is 3.10. The second-order valence-electron chi connectivity index (χ2n) is 7.16. The van der Waals surface area contributed by atoms with E-state index in [9.17, 15) is 44.3 Å². The molecule has 5 nitrogen and oxygen atoms in total. The van der Waals surface area contributed by atoms with Gasteiger partial charge < -0.3 is 9.88 Å². The van der Waals surface area contributed by atoms with Crippen molar-refractivity contribution in [3.05, 3.63) is 70.4 Å². The van der Waals surface area contributed by atoms with E-state index in [1.165, 1.54) is 6.07 Å². The van der Waals surface area contributed by atoms with Gasteiger partial charge in [-0.2, -0.15) is 44.8 Å². The lowest BCUT2D eigenvalue weighted by Gasteiger charge is -2.15. The van der Waals surface area contributed by atoms with Gasteiger partial charge in [-0.05, 0) is 36.4 Å². The Bertz CT molecular complexity index is 1360. The summed E-state index contributed by atoms with van der Waals surface area (Å²) in [5.74, 6) is -2.18. The van der Waals surface area contributed by atoms with Gasteiger partial charge in [0.1, 0.15) is 11.5 Å². The number of carbonyl (C=O) groups excluding carboxylic acids is 1. The number of hydrogen-bond donors (Lipinski definition) is 2. The van der Waals surface area contributed by atoms with Crippen LogP contribution in [-0.4, -0.2) is 16.3 Å². The van der Waals surface area contributed by atoms with Gasteiger partial charge in [-0.3, -0.25) is 10.2 Å². The normalized spacial score (nSPS) is 12.5. The first-order chi connectivity index (χ1) is 16.0. The van der Waals surface area contributed by atoms with Crippen LogP contribution in [-0.2, 0) is 25.1 Å². The molecule has 35 heavy (non-hydrogen) atoms. The molecule has 0 unspecified atom stereocenters. The first kappa shape index (κ1) is 25.6. The Balaban J connectivity index is 2.02. The van der Waals surface area contributed by atoms with Crippen LogP contribution in [0.4, 0.5) is 39.5 Å². The Hall–Kier alpha value is -4.02. The van der Waals surface area contributed by atoms with Gasteiger partial charge in [-0.1, -0.05) is 6.07 Å². The minimum Gasteiger partial charge on any atom is -0.329 e. The molecule has 0 aliphatic rings. The third-order valence-corrected chi connectivity index (χ3v) is 4.81. The maximum absolute atomic E-state index is 13.6. The first-order valence-electron chi connectivity index (χ1n) is 9.30. The Morgan fingerprint density at radius 3 is 2.14 bits per heavy atom. The zero-order chi connectivity index (χ0) is 26.3. The van der Waals surface area contributed by atoms with Crippen LogP contribution in [0.1, 0.15) is 32.7 Å². The second kappa shape index (κ2) is 8.64. The number of rotatable bonds is 3. The van der Waals surface area contributed by atoms with E-state index in [0.29, 0.717) is 22.8 Å². The smallest absolute Gasteiger partial charge is 0.329 e. The van der Waals surface area contributed by atoms with Gasteiger partial charge in [0.15, 0.2) is 0 Å². The van der Waals surface area contributed by atoms with E-state index in [2.05, 4.69) is 0 Å². The molecule has 0 aliphatic carbocycles. The number of alkyl halides is 9. The minimum atomic E-state index is -5.18. The number of carbonyl (C=O) groups is 1. The number of fused-ring (bicyclic) bond motifs is 1. The highest BCUT2D eigenvalue weighted by atomic mass is 19.4. The van der Waals surface area contributed by atoms with Gasteiger partial charge in [0.05, 0.1) is 29.3 Å². The Kier molecular flexibility index (Phi) is 6.32. The van der Waals surface area contributed by atoms with Crippen molar-refractivity contribution >= 4 is 22.6 Å². The number of nitrogens with one attached hydrogen (secondary N) is 2. The second-order valence-corrected chi connectivity index (χ2v) is 7.16. The molecule has 0 radical (unpaired) electrons. The first-order valence-corrected chi connectivity index (χ1v) is 9.30. The molecule has 0 atom stereocenters. The molecule has 0 saturated carbocycles. The monoisotopic (exact) mass is 506 g/mol. The summed E-state index contributed by atoms with van der Waals surface area (Å²) in [6, 6.07) is 5.99. The number of amides is 1. The minimum absolute atomic E-state index is 0.181. The molecule has 2 N–H and O–H groups in total. The van der Waals surface area contributed by atoms with Crippen LogP contribution in [0.5, 0.6) is 0 Å². The molecular formula is C21H11F9N4O. The van der Waals surface area contributed by atoms with Gasteiger partial charge in [-0.25, -0.2) is 0 Å². The summed E-state index contributed by atoms with van der Waals surface area (Å²) in [6.07, 6.45) is -15.1. The number of halogens is 9. The van der Waals surface area contributed by atoms with Gasteiger partial charge >= 0.3 is 18.5 Å². The van der Waals surface area contributed by atoms with Crippen LogP contribution in [0, 0.1) is 16.7 Å². The maximum Gasteiger partial charge on any atom is 0.431 e. The molecule has 2 aromatic carbocycles. The Morgan fingerprint density at radius 2 is 1.60 bits per heavy atom. The number of benzene rings is 2. The SMILES string of the molecule is N#Cc1ccc2c(cc(C(F)(F)F)n2CC(=N)NC(=O)c2cccc(C(F)(F)F)c2)c1C(F)(F)F. The zero-order valence-electron chi connectivity index (χ0n) is 17.0. The van der Waals surface area contributed by atoms with E-state index in [4.69, 9.17) is 10.7 Å². The van der Waals surface area contributed by atoms with Crippen LogP contribution in [0.2, 0.25) is 0 Å². The van der Waals surface area contributed by atoms with Gasteiger partial charge in [-0.15, -0.1) is 0 Å². The van der Waals surface area contributed by atoms with Crippen LogP contribution >= 0.6 is 0 Å². The molecule has 1 amide bonds. The van der Waals surface area contributed by atoms with Gasteiger partial charge in [0, 0.05) is 16.5 Å². The number of aromatic nitrogens is 1. The molecule has 0 aliphatic heterocycles. The largest absolute Gasteiger partial charge is 0.431 e. The summed E-state index contributed by atoms with van der Waals surface area (Å²) in [7, 11) is 0. The zero-order valence-corrected chi connectivity index (χ0v) is 17.0. The molecule has 14 heteroatoms. The highest BCUT2D eigenvalue weighted by Crippen LogP contribution is 2.41. The fourth-order valence-corrected chi connectivity index (χ4v) is 3.38. The molecule has 0 spiro atoms. The molecule has 0 bridgehead atoms. The lowest BCUT2D eigenvalue weighted by atomic mass is 10.0. The predicted molar refractivity (Wildman–Crippen MR) is 103 cm³/mol. The third kappa shape index (κ3) is 5.23. The topological polar surface area (TPSA) is 81.7 Å². The van der Waals surface area contributed by atoms with Crippen molar-refractivity contribution in [3.8, 4) is 6.07 Å². The molecule has 0 saturated heterocycles. The van der Waals surface area contributed by atoms with Gasteiger partial charge in [0.25, 0.3) is 5.91 Å². The van der Waals surface area contributed by atoms with Crippen molar-refractivity contribution < 1.29 is 44.3 Å². The van der Waals surface area contributed by atoms with Crippen LogP contribution in [0.15, 0.2) is 42.5 Å². The standard InChI is InChI=1S/C21H11F9N4O/c22-19(23,24)12-3-1-2-10(6-12)18(35)33-16(32)9-34-14-5-4-11(8-31)17(21(28,29)30)13(14)7-15(34)20(25,26)27/h1-7H,9H2,(H2,32,33,35). The maximum atomic E-state index is 13.6. The predicted octanol–water partition coefficient (Wildman–Crippen LogP) is 5.98. The summed E-state index contributed by atoms with van der Waals surface area (Å²) in [6.45, 7) is -1.08. The van der Waals surface area contributed by atoms with E-state index < -0.39 is 75.7 Å². The van der Waals surface area contributed by atoms with Crippen molar-refractivity contribution in [1.82, 2.24) is 9.88 Å². The highest BCUT2D eigenvalue weighted by Gasteiger charge is 2.41. The van der Waals surface area contributed by atoms with Crippen molar-refractivity contribution in [3.63, 3.8) is 0 Å². The molecule has 1 heterocycles. The molecule has 3 rings (SSSR count). The molecule has 1 aromatic heterocycles. The third-order valence-electron chi connectivity index (χ3n) is 4.81. The van der Waals surface area contributed by atoms with Crippen molar-refractivity contribution in [2.45, 2.75) is 25.1 Å². The summed E-state index contributed by atoms with van der Waals surface area (Å²) < 4.78 is 120. The van der Waals surface area contributed by atoms with E-state index in [0.717, 1.165) is 18.2 Å². The molecule has 3 aromatic rings. The number of nitrogens with zero attached hydrogens (tertiary/aromatic N) is 2. The van der Waals surface area contributed by atoms with Crippen LogP contribution < -0.4 is 5.32 Å². The van der Waals surface area contributed by atoms with Crippen molar-refractivity contribution in [2.75, 3.05) is 0 Å². The lowest BCUT2D eigenvalue weighted by molar-refractivity contribution is -0.143. The number of hydrogen-bond acceptors (Lipinski definition) is 3. The summed E-state index contributed by atoms with van der Waals surface area (Å²) in [5, 5.41) is 17.7. The van der Waals surface area contributed by atoms with Crippen molar-refractivity contribution in [2.24, 2.45) is 0 Å². The van der Waals surface area contributed by atoms with Gasteiger partial charge in [0.2, 0.25) is 0 Å². The van der Waals surface area contributed by atoms with E-state index >= 15 is 0 Å². The molecule has 0 fully saturated rings.